The lowest BCUT2D eigenvalue weighted by Crippen LogP contribution is -2.36. The number of fused-ring (bicyclic) bond motifs is 1. The zero-order valence-electron chi connectivity index (χ0n) is 16.0. The number of carbonyl (C=O) groups excluding carboxylic acids is 1. The molecule has 0 saturated carbocycles. The monoisotopic (exact) mass is 390 g/mol. The highest BCUT2D eigenvalue weighted by molar-refractivity contribution is 5.86. The van der Waals surface area contributed by atoms with Crippen LogP contribution in [0.15, 0.2) is 42.7 Å². The number of aliphatic hydroxyl groups excluding tert-OH is 1. The fourth-order valence-electron chi connectivity index (χ4n) is 3.46. The standard InChI is InChI=1S/C21H26O7/c1-3-10-25-20(23)19-12-16(14-7-8-17-18(11-14)27-13-26-17)15(6-5-9-22)21(28-19)24-4-2/h3,7-8,11-12,15-16,21-22H,1,4-6,9-10,13H2,2H3/t15-,16-,21-/m1/s1. The first kappa shape index (κ1) is 20.2. The van der Waals surface area contributed by atoms with Gasteiger partial charge in [-0.25, -0.2) is 4.79 Å². The van der Waals surface area contributed by atoms with Gasteiger partial charge in [0.1, 0.15) is 6.61 Å². The summed E-state index contributed by atoms with van der Waals surface area (Å²) in [5.74, 6) is 0.668. The molecule has 0 fully saturated rings. The number of allylic oxidation sites excluding steroid dienone is 1. The average Bonchev–Trinajstić information content (AvgIpc) is 3.18. The zero-order valence-corrected chi connectivity index (χ0v) is 16.0. The number of benzene rings is 1. The summed E-state index contributed by atoms with van der Waals surface area (Å²) < 4.78 is 27.7. The average molecular weight is 390 g/mol. The molecule has 1 aromatic rings. The third kappa shape index (κ3) is 4.48. The van der Waals surface area contributed by atoms with Gasteiger partial charge in [0.05, 0.1) is 0 Å². The highest BCUT2D eigenvalue weighted by atomic mass is 16.7. The smallest absolute Gasteiger partial charge is 0.373 e. The van der Waals surface area contributed by atoms with Gasteiger partial charge in [-0.1, -0.05) is 18.7 Å². The van der Waals surface area contributed by atoms with Crippen molar-refractivity contribution in [2.24, 2.45) is 5.92 Å². The molecule has 0 aliphatic carbocycles. The molecule has 0 unspecified atom stereocenters. The van der Waals surface area contributed by atoms with Crippen LogP contribution in [0.1, 0.15) is 31.2 Å². The van der Waals surface area contributed by atoms with E-state index in [0.29, 0.717) is 30.9 Å². The fraction of sp³-hybridized carbons (Fsp3) is 0.476. The summed E-state index contributed by atoms with van der Waals surface area (Å²) >= 11 is 0. The van der Waals surface area contributed by atoms with E-state index >= 15 is 0 Å². The second kappa shape index (κ2) is 9.61. The summed E-state index contributed by atoms with van der Waals surface area (Å²) in [5.41, 5.74) is 0.953. The Labute approximate surface area is 164 Å². The molecule has 2 heterocycles. The number of carbonyl (C=O) groups is 1. The summed E-state index contributed by atoms with van der Waals surface area (Å²) in [5, 5.41) is 9.32. The molecule has 0 radical (unpaired) electrons. The highest BCUT2D eigenvalue weighted by Gasteiger charge is 2.38. The van der Waals surface area contributed by atoms with Crippen molar-refractivity contribution in [3.05, 3.63) is 48.3 Å². The third-order valence-electron chi connectivity index (χ3n) is 4.73. The van der Waals surface area contributed by atoms with E-state index in [9.17, 15) is 9.90 Å². The van der Waals surface area contributed by atoms with E-state index in [1.54, 1.807) is 6.08 Å². The number of hydrogen-bond donors (Lipinski definition) is 1. The van der Waals surface area contributed by atoms with Crippen LogP contribution in [0.5, 0.6) is 11.5 Å². The third-order valence-corrected chi connectivity index (χ3v) is 4.73. The Hall–Kier alpha value is -2.51. The van der Waals surface area contributed by atoms with Crippen LogP contribution in [0.4, 0.5) is 0 Å². The lowest BCUT2D eigenvalue weighted by atomic mass is 9.80. The quantitative estimate of drug-likeness (QED) is 0.513. The SMILES string of the molecule is C=CCOC(=O)C1=C[C@H](c2ccc3c(c2)OCO3)[C@@H](CCCO)[C@H](OCC)O1. The van der Waals surface area contributed by atoms with Gasteiger partial charge >= 0.3 is 5.97 Å². The minimum atomic E-state index is -0.622. The molecule has 3 atom stereocenters. The van der Waals surface area contributed by atoms with Gasteiger partial charge in [-0.3, -0.25) is 0 Å². The Kier molecular flexibility index (Phi) is 6.95. The van der Waals surface area contributed by atoms with Crippen LogP contribution in [0.2, 0.25) is 0 Å². The van der Waals surface area contributed by atoms with Gasteiger partial charge in [0, 0.05) is 25.0 Å². The van der Waals surface area contributed by atoms with E-state index in [4.69, 9.17) is 23.7 Å². The first-order valence-corrected chi connectivity index (χ1v) is 9.46. The maximum Gasteiger partial charge on any atom is 0.373 e. The molecule has 1 aromatic carbocycles. The molecule has 1 N–H and O–H groups in total. The maximum atomic E-state index is 12.4. The molecule has 152 valence electrons. The number of hydrogen-bond acceptors (Lipinski definition) is 7. The van der Waals surface area contributed by atoms with Crippen LogP contribution in [0.3, 0.4) is 0 Å². The van der Waals surface area contributed by atoms with Crippen LogP contribution in [-0.4, -0.2) is 44.0 Å². The van der Waals surface area contributed by atoms with Crippen LogP contribution in [0, 0.1) is 5.92 Å². The molecule has 2 aliphatic rings. The van der Waals surface area contributed by atoms with Gasteiger partial charge in [-0.15, -0.1) is 0 Å². The van der Waals surface area contributed by atoms with Crippen LogP contribution in [-0.2, 0) is 19.0 Å². The predicted molar refractivity (Wildman–Crippen MR) is 101 cm³/mol. The maximum absolute atomic E-state index is 12.4. The van der Waals surface area contributed by atoms with Gasteiger partial charge < -0.3 is 28.8 Å². The molecule has 2 aliphatic heterocycles. The second-order valence-electron chi connectivity index (χ2n) is 6.53. The second-order valence-corrected chi connectivity index (χ2v) is 6.53. The molecule has 7 heteroatoms. The molecule has 0 bridgehead atoms. The van der Waals surface area contributed by atoms with Crippen LogP contribution in [0.25, 0.3) is 0 Å². The van der Waals surface area contributed by atoms with Crippen molar-refractivity contribution in [1.82, 2.24) is 0 Å². The van der Waals surface area contributed by atoms with Crippen molar-refractivity contribution in [1.29, 1.82) is 0 Å². The summed E-state index contributed by atoms with van der Waals surface area (Å²) in [6, 6.07) is 5.72. The normalized spacial score (nSPS) is 22.9. The van der Waals surface area contributed by atoms with Gasteiger partial charge in [0.25, 0.3) is 0 Å². The topological polar surface area (TPSA) is 83.5 Å². The van der Waals surface area contributed by atoms with E-state index in [-0.39, 0.29) is 37.6 Å². The van der Waals surface area contributed by atoms with Crippen LogP contribution < -0.4 is 9.47 Å². The van der Waals surface area contributed by atoms with E-state index in [2.05, 4.69) is 6.58 Å². The Balaban J connectivity index is 1.95. The van der Waals surface area contributed by atoms with Crippen molar-refractivity contribution in [2.75, 3.05) is 26.6 Å². The lowest BCUT2D eigenvalue weighted by Gasteiger charge is -2.36. The molecule has 0 spiro atoms. The number of esters is 1. The molecule has 3 rings (SSSR count). The first-order chi connectivity index (χ1) is 13.7. The van der Waals surface area contributed by atoms with E-state index in [1.807, 2.05) is 25.1 Å². The summed E-state index contributed by atoms with van der Waals surface area (Å²) in [4.78, 5) is 12.4. The van der Waals surface area contributed by atoms with E-state index in [1.165, 1.54) is 6.08 Å². The number of aliphatic hydroxyl groups is 1. The van der Waals surface area contributed by atoms with Gasteiger partial charge in [0.2, 0.25) is 18.8 Å². The number of ether oxygens (including phenoxy) is 5. The van der Waals surface area contributed by atoms with Crippen molar-refractivity contribution in [3.8, 4) is 11.5 Å². The molecular formula is C21H26O7. The Morgan fingerprint density at radius 1 is 1.36 bits per heavy atom. The number of rotatable bonds is 9. The Morgan fingerprint density at radius 2 is 2.18 bits per heavy atom. The van der Waals surface area contributed by atoms with Crippen molar-refractivity contribution in [2.45, 2.75) is 32.0 Å². The highest BCUT2D eigenvalue weighted by Crippen LogP contribution is 2.42. The van der Waals surface area contributed by atoms with Crippen molar-refractivity contribution < 1.29 is 33.6 Å². The summed E-state index contributed by atoms with van der Waals surface area (Å²) in [6.07, 6.45) is 3.92. The van der Waals surface area contributed by atoms with Gasteiger partial charge in [-0.05, 0) is 43.5 Å². The first-order valence-electron chi connectivity index (χ1n) is 9.46. The Bertz CT molecular complexity index is 727. The largest absolute Gasteiger partial charge is 0.457 e. The lowest BCUT2D eigenvalue weighted by molar-refractivity contribution is -0.175. The predicted octanol–water partition coefficient (Wildman–Crippen LogP) is 2.89. The summed E-state index contributed by atoms with van der Waals surface area (Å²) in [7, 11) is 0. The zero-order chi connectivity index (χ0) is 19.9. The molecule has 7 nitrogen and oxygen atoms in total. The molecule has 0 saturated heterocycles. The Morgan fingerprint density at radius 3 is 2.93 bits per heavy atom. The minimum Gasteiger partial charge on any atom is -0.457 e. The van der Waals surface area contributed by atoms with Crippen molar-refractivity contribution in [3.63, 3.8) is 0 Å². The van der Waals surface area contributed by atoms with Gasteiger partial charge in [0.15, 0.2) is 11.5 Å². The minimum absolute atomic E-state index is 0.0706. The van der Waals surface area contributed by atoms with Crippen molar-refractivity contribution >= 4 is 5.97 Å². The van der Waals surface area contributed by atoms with E-state index in [0.717, 1.165) is 5.56 Å². The molecular weight excluding hydrogens is 364 g/mol. The molecule has 28 heavy (non-hydrogen) atoms. The fourth-order valence-corrected chi connectivity index (χ4v) is 3.46. The van der Waals surface area contributed by atoms with Gasteiger partial charge in [-0.2, -0.15) is 0 Å². The summed E-state index contributed by atoms with van der Waals surface area (Å²) in [6.45, 7) is 6.22. The molecule has 0 aromatic heterocycles. The molecule has 0 amide bonds. The van der Waals surface area contributed by atoms with Crippen LogP contribution >= 0.6 is 0 Å². The van der Waals surface area contributed by atoms with E-state index < -0.39 is 12.3 Å².